The molecule has 9 heteroatoms. The Kier molecular flexibility index (Phi) is 7.01. The van der Waals surface area contributed by atoms with Crippen LogP contribution in [-0.4, -0.2) is 44.1 Å². The summed E-state index contributed by atoms with van der Waals surface area (Å²) >= 11 is 5.39. The minimum absolute atomic E-state index is 0.255. The number of hydrogen-bond acceptors (Lipinski definition) is 5. The molecule has 0 aliphatic carbocycles. The Balaban J connectivity index is 1.33. The third kappa shape index (κ3) is 5.63. The molecule has 0 bridgehead atoms. The van der Waals surface area contributed by atoms with Gasteiger partial charge in [0.2, 0.25) is 10.0 Å². The normalized spacial score (nSPS) is 14.5. The van der Waals surface area contributed by atoms with Crippen LogP contribution in [0.4, 0.5) is 22.7 Å². The topological polar surface area (TPSA) is 82.7 Å². The molecule has 166 valence electrons. The van der Waals surface area contributed by atoms with E-state index in [-0.39, 0.29) is 4.90 Å². The van der Waals surface area contributed by atoms with E-state index in [1.807, 2.05) is 54.6 Å². The molecule has 0 unspecified atom stereocenters. The number of ether oxygens (including phenoxy) is 1. The van der Waals surface area contributed by atoms with Crippen LogP contribution >= 0.6 is 12.2 Å². The Morgan fingerprint density at radius 2 is 1.25 bits per heavy atom. The van der Waals surface area contributed by atoms with Crippen LogP contribution in [0.1, 0.15) is 0 Å². The Hall–Kier alpha value is -2.98. The van der Waals surface area contributed by atoms with Crippen molar-refractivity contribution in [2.75, 3.05) is 42.3 Å². The molecule has 32 heavy (non-hydrogen) atoms. The van der Waals surface area contributed by atoms with Gasteiger partial charge in [-0.1, -0.05) is 18.2 Å². The number of anilines is 4. The van der Waals surface area contributed by atoms with E-state index in [4.69, 9.17) is 17.0 Å². The minimum atomic E-state index is -3.51. The van der Waals surface area contributed by atoms with Crippen LogP contribution in [0.5, 0.6) is 0 Å². The lowest BCUT2D eigenvalue weighted by Crippen LogP contribution is -2.40. The van der Waals surface area contributed by atoms with Gasteiger partial charge < -0.3 is 20.7 Å². The lowest BCUT2D eigenvalue weighted by atomic mass is 10.2. The fourth-order valence-corrected chi connectivity index (χ4v) is 4.91. The van der Waals surface area contributed by atoms with E-state index in [1.165, 1.54) is 4.31 Å². The van der Waals surface area contributed by atoms with Gasteiger partial charge in [-0.3, -0.25) is 0 Å². The molecule has 0 amide bonds. The highest BCUT2D eigenvalue weighted by Gasteiger charge is 2.26. The van der Waals surface area contributed by atoms with Gasteiger partial charge in [0.1, 0.15) is 0 Å². The number of thiocarbonyl (C=S) groups is 1. The predicted octanol–water partition coefficient (Wildman–Crippen LogP) is 4.26. The number of sulfonamides is 1. The average molecular weight is 469 g/mol. The van der Waals surface area contributed by atoms with Crippen LogP contribution < -0.4 is 16.0 Å². The smallest absolute Gasteiger partial charge is 0.243 e. The van der Waals surface area contributed by atoms with Crippen molar-refractivity contribution in [1.82, 2.24) is 4.31 Å². The summed E-state index contributed by atoms with van der Waals surface area (Å²) in [6, 6.07) is 24.3. The molecule has 0 radical (unpaired) electrons. The first kappa shape index (κ1) is 22.2. The number of nitrogens with one attached hydrogen (secondary N) is 3. The summed E-state index contributed by atoms with van der Waals surface area (Å²) in [5, 5.41) is 9.95. The van der Waals surface area contributed by atoms with E-state index in [0.717, 1.165) is 17.1 Å². The van der Waals surface area contributed by atoms with E-state index < -0.39 is 10.0 Å². The van der Waals surface area contributed by atoms with E-state index in [0.29, 0.717) is 37.1 Å². The Bertz CT molecular complexity index is 1150. The predicted molar refractivity (Wildman–Crippen MR) is 132 cm³/mol. The summed E-state index contributed by atoms with van der Waals surface area (Å²) in [6.45, 7) is 1.58. The molecule has 0 spiro atoms. The van der Waals surface area contributed by atoms with Crippen LogP contribution in [0.15, 0.2) is 83.8 Å². The van der Waals surface area contributed by atoms with Crippen molar-refractivity contribution in [2.24, 2.45) is 0 Å². The zero-order chi connectivity index (χ0) is 22.4. The number of benzene rings is 3. The van der Waals surface area contributed by atoms with Gasteiger partial charge in [-0.25, -0.2) is 8.42 Å². The van der Waals surface area contributed by atoms with E-state index in [2.05, 4.69) is 16.0 Å². The summed E-state index contributed by atoms with van der Waals surface area (Å²) in [7, 11) is -3.51. The van der Waals surface area contributed by atoms with E-state index >= 15 is 0 Å². The quantitative estimate of drug-likeness (QED) is 0.466. The van der Waals surface area contributed by atoms with Crippen LogP contribution in [0, 0.1) is 0 Å². The van der Waals surface area contributed by atoms with Crippen LogP contribution in [0.2, 0.25) is 0 Å². The Morgan fingerprint density at radius 1 is 0.750 bits per heavy atom. The number of morpholine rings is 1. The highest BCUT2D eigenvalue weighted by molar-refractivity contribution is 7.89. The molecule has 0 atom stereocenters. The maximum atomic E-state index is 12.7. The van der Waals surface area contributed by atoms with Crippen molar-refractivity contribution in [3.8, 4) is 0 Å². The monoisotopic (exact) mass is 468 g/mol. The lowest BCUT2D eigenvalue weighted by molar-refractivity contribution is 0.0730. The molecule has 0 saturated carbocycles. The second kappa shape index (κ2) is 10.1. The second-order valence-corrected chi connectivity index (χ2v) is 9.53. The third-order valence-electron chi connectivity index (χ3n) is 4.93. The summed E-state index contributed by atoms with van der Waals surface area (Å²) in [4.78, 5) is 0.255. The van der Waals surface area contributed by atoms with Crippen LogP contribution in [0.3, 0.4) is 0 Å². The fourth-order valence-electron chi connectivity index (χ4n) is 3.26. The standard InChI is InChI=1S/C23H24N4O3S2/c28-32(29,27-14-16-30-17-15-27)22-12-10-21(11-13-22)26-23(31)25-20-8-6-19(7-9-20)24-18-4-2-1-3-5-18/h1-13,24H,14-17H2,(H2,25,26,31). The SMILES string of the molecule is O=S(=O)(c1ccc(NC(=S)Nc2ccc(Nc3ccccc3)cc2)cc1)N1CCOCC1. The molecule has 1 fully saturated rings. The molecule has 3 aromatic carbocycles. The van der Waals surface area contributed by atoms with Gasteiger partial charge in [0.05, 0.1) is 18.1 Å². The molecular weight excluding hydrogens is 444 g/mol. The average Bonchev–Trinajstić information content (AvgIpc) is 2.82. The van der Waals surface area contributed by atoms with Gasteiger partial charge >= 0.3 is 0 Å². The number of para-hydroxylation sites is 1. The summed E-state index contributed by atoms with van der Waals surface area (Å²) < 4.78 is 32.1. The highest BCUT2D eigenvalue weighted by atomic mass is 32.2. The zero-order valence-corrected chi connectivity index (χ0v) is 19.0. The van der Waals surface area contributed by atoms with Gasteiger partial charge in [0, 0.05) is 35.8 Å². The molecular formula is C23H24N4O3S2. The van der Waals surface area contributed by atoms with Crippen molar-refractivity contribution in [2.45, 2.75) is 4.90 Å². The van der Waals surface area contributed by atoms with Crippen LogP contribution in [0.25, 0.3) is 0 Å². The van der Waals surface area contributed by atoms with Crippen molar-refractivity contribution in [1.29, 1.82) is 0 Å². The van der Waals surface area contributed by atoms with Crippen molar-refractivity contribution < 1.29 is 13.2 Å². The third-order valence-corrected chi connectivity index (χ3v) is 7.04. The summed E-state index contributed by atoms with van der Waals surface area (Å²) in [5.41, 5.74) is 3.53. The first-order valence-electron chi connectivity index (χ1n) is 10.2. The van der Waals surface area contributed by atoms with E-state index in [1.54, 1.807) is 24.3 Å². The molecule has 1 saturated heterocycles. The van der Waals surface area contributed by atoms with E-state index in [9.17, 15) is 8.42 Å². The second-order valence-electron chi connectivity index (χ2n) is 7.19. The van der Waals surface area contributed by atoms with Gasteiger partial charge in [-0.05, 0) is 72.9 Å². The summed E-state index contributed by atoms with van der Waals surface area (Å²) in [6.07, 6.45) is 0. The van der Waals surface area contributed by atoms with Crippen LogP contribution in [-0.2, 0) is 14.8 Å². The molecule has 3 N–H and O–H groups in total. The minimum Gasteiger partial charge on any atom is -0.379 e. The van der Waals surface area contributed by atoms with Crippen molar-refractivity contribution >= 4 is 50.1 Å². The molecule has 1 aliphatic heterocycles. The molecule has 4 rings (SSSR count). The number of hydrogen-bond donors (Lipinski definition) is 3. The fraction of sp³-hybridized carbons (Fsp3) is 0.174. The lowest BCUT2D eigenvalue weighted by Gasteiger charge is -2.26. The highest BCUT2D eigenvalue weighted by Crippen LogP contribution is 2.21. The van der Waals surface area contributed by atoms with Gasteiger partial charge in [0.15, 0.2) is 5.11 Å². The van der Waals surface area contributed by atoms with Crippen molar-refractivity contribution in [3.05, 3.63) is 78.9 Å². The molecule has 0 aromatic heterocycles. The largest absolute Gasteiger partial charge is 0.379 e. The first-order chi connectivity index (χ1) is 15.5. The Morgan fingerprint density at radius 3 is 1.84 bits per heavy atom. The molecule has 7 nitrogen and oxygen atoms in total. The first-order valence-corrected chi connectivity index (χ1v) is 12.0. The maximum absolute atomic E-state index is 12.7. The maximum Gasteiger partial charge on any atom is 0.243 e. The van der Waals surface area contributed by atoms with Gasteiger partial charge in [-0.2, -0.15) is 4.31 Å². The molecule has 1 heterocycles. The van der Waals surface area contributed by atoms with Crippen molar-refractivity contribution in [3.63, 3.8) is 0 Å². The molecule has 1 aliphatic rings. The zero-order valence-electron chi connectivity index (χ0n) is 17.3. The Labute approximate surface area is 193 Å². The van der Waals surface area contributed by atoms with Gasteiger partial charge in [0.25, 0.3) is 0 Å². The number of rotatable bonds is 6. The van der Waals surface area contributed by atoms with Gasteiger partial charge in [-0.15, -0.1) is 0 Å². The molecule has 3 aromatic rings. The summed E-state index contributed by atoms with van der Waals surface area (Å²) in [5.74, 6) is 0. The number of nitrogens with zero attached hydrogens (tertiary/aromatic N) is 1.